The first-order chi connectivity index (χ1) is 13.9. The first kappa shape index (κ1) is 22.1. The van der Waals surface area contributed by atoms with Gasteiger partial charge in [-0.25, -0.2) is 4.79 Å². The minimum absolute atomic E-state index is 0.0431. The number of thiazole rings is 1. The number of carbonyl (C=O) groups is 2. The molecule has 0 aliphatic carbocycles. The third kappa shape index (κ3) is 4.77. The van der Waals surface area contributed by atoms with Crippen LogP contribution in [-0.2, 0) is 17.5 Å². The van der Waals surface area contributed by atoms with Crippen LogP contribution in [0.5, 0.6) is 0 Å². The zero-order valence-corrected chi connectivity index (χ0v) is 15.9. The highest BCUT2D eigenvalue weighted by atomic mass is 32.1. The van der Waals surface area contributed by atoms with Crippen LogP contribution >= 0.6 is 11.3 Å². The fourth-order valence-electron chi connectivity index (χ4n) is 3.23. The number of benzene rings is 1. The highest BCUT2D eigenvalue weighted by Gasteiger charge is 2.39. The summed E-state index contributed by atoms with van der Waals surface area (Å²) < 4.78 is 78.3. The minimum atomic E-state index is -5.21. The summed E-state index contributed by atoms with van der Waals surface area (Å²) in [5.74, 6) is -2.49. The van der Waals surface area contributed by atoms with Crippen molar-refractivity contribution in [2.24, 2.45) is 10.9 Å². The lowest BCUT2D eigenvalue weighted by Gasteiger charge is -2.30. The number of likely N-dealkylation sites (tertiary alicyclic amines) is 1. The summed E-state index contributed by atoms with van der Waals surface area (Å²) in [6.45, 7) is 0.562. The van der Waals surface area contributed by atoms with E-state index in [1.54, 1.807) is 0 Å². The number of aromatic nitrogens is 1. The second kappa shape index (κ2) is 7.93. The van der Waals surface area contributed by atoms with Gasteiger partial charge in [-0.2, -0.15) is 31.3 Å². The van der Waals surface area contributed by atoms with Crippen LogP contribution in [0.2, 0.25) is 0 Å². The average molecular weight is 455 g/mol. The van der Waals surface area contributed by atoms with Crippen LogP contribution in [0.1, 0.15) is 18.4 Å². The number of amides is 2. The summed E-state index contributed by atoms with van der Waals surface area (Å²) in [7, 11) is 0. The van der Waals surface area contributed by atoms with E-state index >= 15 is 0 Å². The quantitative estimate of drug-likeness (QED) is 0.693. The summed E-state index contributed by atoms with van der Waals surface area (Å²) >= 11 is 0.564. The molecule has 6 nitrogen and oxygen atoms in total. The molecule has 1 aliphatic heterocycles. The Bertz CT molecular complexity index is 1030. The predicted octanol–water partition coefficient (Wildman–Crippen LogP) is 4.10. The summed E-state index contributed by atoms with van der Waals surface area (Å²) in [5, 5.41) is 9.01. The third-order valence-electron chi connectivity index (χ3n) is 4.78. The molecular weight excluding hydrogens is 440 g/mol. The highest BCUT2D eigenvalue weighted by Crippen LogP contribution is 2.33. The van der Waals surface area contributed by atoms with E-state index in [1.165, 1.54) is 9.47 Å². The molecule has 2 aromatic rings. The van der Waals surface area contributed by atoms with Crippen LogP contribution in [-0.4, -0.2) is 45.8 Å². The Morgan fingerprint density at radius 2 is 1.77 bits per heavy atom. The van der Waals surface area contributed by atoms with Gasteiger partial charge in [-0.15, -0.1) is 0 Å². The molecule has 2 heterocycles. The van der Waals surface area contributed by atoms with Crippen molar-refractivity contribution in [2.75, 3.05) is 13.1 Å². The first-order valence-corrected chi connectivity index (χ1v) is 9.52. The van der Waals surface area contributed by atoms with E-state index in [9.17, 15) is 35.9 Å². The lowest BCUT2D eigenvalue weighted by Crippen LogP contribution is -2.39. The van der Waals surface area contributed by atoms with E-state index in [0.717, 1.165) is 18.2 Å². The van der Waals surface area contributed by atoms with Crippen molar-refractivity contribution in [3.05, 3.63) is 28.6 Å². The van der Waals surface area contributed by atoms with E-state index in [1.807, 2.05) is 0 Å². The van der Waals surface area contributed by atoms with E-state index in [4.69, 9.17) is 5.11 Å². The molecule has 30 heavy (non-hydrogen) atoms. The van der Waals surface area contributed by atoms with Crippen LogP contribution in [0.3, 0.4) is 0 Å². The van der Waals surface area contributed by atoms with Crippen LogP contribution in [0, 0.1) is 5.92 Å². The Morgan fingerprint density at radius 3 is 2.30 bits per heavy atom. The average Bonchev–Trinajstić information content (AvgIpc) is 2.97. The fraction of sp³-hybridized carbons (Fsp3) is 0.471. The van der Waals surface area contributed by atoms with E-state index in [-0.39, 0.29) is 40.6 Å². The Morgan fingerprint density at radius 1 is 1.13 bits per heavy atom. The van der Waals surface area contributed by atoms with Crippen molar-refractivity contribution in [1.82, 2.24) is 9.47 Å². The number of fused-ring (bicyclic) bond motifs is 1. The maximum absolute atomic E-state index is 13.0. The van der Waals surface area contributed by atoms with E-state index < -0.39 is 29.9 Å². The molecule has 0 spiro atoms. The number of halogens is 6. The molecule has 3 rings (SSSR count). The monoisotopic (exact) mass is 455 g/mol. The topological polar surface area (TPSA) is 74.9 Å². The van der Waals surface area contributed by atoms with E-state index in [2.05, 4.69) is 4.99 Å². The minimum Gasteiger partial charge on any atom is -0.465 e. The van der Waals surface area contributed by atoms with Crippen LogP contribution < -0.4 is 4.80 Å². The number of carbonyl (C=O) groups excluding carboxylic acids is 1. The number of hydrogen-bond donors (Lipinski definition) is 1. The van der Waals surface area contributed by atoms with Crippen molar-refractivity contribution in [1.29, 1.82) is 0 Å². The standard InChI is InChI=1S/C17H15F6N3O3S/c18-16(19,20)10-1-2-11-12(7-10)30-14(24-13(27)17(21,22)23)26(11)8-9-3-5-25(6-4-9)15(28)29/h1-2,7,9H,3-6,8H2,(H,28,29). The first-order valence-electron chi connectivity index (χ1n) is 8.70. The van der Waals surface area contributed by atoms with Gasteiger partial charge in [0.2, 0.25) is 0 Å². The summed E-state index contributed by atoms with van der Waals surface area (Å²) in [6.07, 6.45) is -10.1. The van der Waals surface area contributed by atoms with Crippen molar-refractivity contribution in [3.63, 3.8) is 0 Å². The zero-order chi connectivity index (χ0) is 22.3. The maximum atomic E-state index is 13.0. The van der Waals surface area contributed by atoms with Gasteiger partial charge in [-0.1, -0.05) is 11.3 Å². The molecule has 1 fully saturated rings. The smallest absolute Gasteiger partial charge is 0.465 e. The van der Waals surface area contributed by atoms with Crippen molar-refractivity contribution < 1.29 is 41.0 Å². The lowest BCUT2D eigenvalue weighted by molar-refractivity contribution is -0.169. The predicted molar refractivity (Wildman–Crippen MR) is 93.8 cm³/mol. The number of rotatable bonds is 2. The SMILES string of the molecule is O=C(O)N1CCC(Cn2c(=NC(=O)C(F)(F)F)sc3cc(C(F)(F)F)ccc32)CC1. The molecule has 0 atom stereocenters. The van der Waals surface area contributed by atoms with Gasteiger partial charge in [0.05, 0.1) is 15.8 Å². The molecule has 0 saturated carbocycles. The highest BCUT2D eigenvalue weighted by molar-refractivity contribution is 7.16. The molecule has 0 bridgehead atoms. The number of piperidine rings is 1. The van der Waals surface area contributed by atoms with Crippen molar-refractivity contribution >= 4 is 33.6 Å². The normalized spacial score (nSPS) is 17.0. The molecule has 164 valence electrons. The molecule has 13 heteroatoms. The Labute approximate surface area is 169 Å². The van der Waals surface area contributed by atoms with Crippen LogP contribution in [0.15, 0.2) is 23.2 Å². The molecule has 1 aromatic heterocycles. The van der Waals surface area contributed by atoms with Gasteiger partial charge in [-0.3, -0.25) is 4.79 Å². The molecule has 1 N–H and O–H groups in total. The lowest BCUT2D eigenvalue weighted by atomic mass is 9.97. The Kier molecular flexibility index (Phi) is 5.85. The maximum Gasteiger partial charge on any atom is 0.473 e. The van der Waals surface area contributed by atoms with Crippen LogP contribution in [0.25, 0.3) is 10.2 Å². The van der Waals surface area contributed by atoms with Crippen molar-refractivity contribution in [2.45, 2.75) is 31.7 Å². The van der Waals surface area contributed by atoms with Gasteiger partial charge in [0.1, 0.15) is 0 Å². The van der Waals surface area contributed by atoms with Gasteiger partial charge in [0.15, 0.2) is 4.80 Å². The molecule has 1 saturated heterocycles. The summed E-state index contributed by atoms with van der Waals surface area (Å²) in [5.41, 5.74) is -0.741. The summed E-state index contributed by atoms with van der Waals surface area (Å²) in [4.78, 5) is 26.3. The molecule has 1 aromatic carbocycles. The second-order valence-corrected chi connectivity index (χ2v) is 7.81. The van der Waals surface area contributed by atoms with Gasteiger partial charge in [0, 0.05) is 19.6 Å². The van der Waals surface area contributed by atoms with E-state index in [0.29, 0.717) is 24.2 Å². The van der Waals surface area contributed by atoms with Gasteiger partial charge < -0.3 is 14.6 Å². The zero-order valence-electron chi connectivity index (χ0n) is 15.1. The van der Waals surface area contributed by atoms with Gasteiger partial charge >= 0.3 is 24.4 Å². The number of hydrogen-bond acceptors (Lipinski definition) is 3. The molecule has 0 unspecified atom stereocenters. The molecular formula is C17H15F6N3O3S. The summed E-state index contributed by atoms with van der Waals surface area (Å²) in [6, 6.07) is 2.76. The van der Waals surface area contributed by atoms with Crippen LogP contribution in [0.4, 0.5) is 31.1 Å². The molecule has 1 aliphatic rings. The second-order valence-electron chi connectivity index (χ2n) is 6.80. The van der Waals surface area contributed by atoms with Crippen molar-refractivity contribution in [3.8, 4) is 0 Å². The van der Waals surface area contributed by atoms with Gasteiger partial charge in [0.25, 0.3) is 0 Å². The molecule has 0 radical (unpaired) electrons. The number of alkyl halides is 6. The number of nitrogens with zero attached hydrogens (tertiary/aromatic N) is 3. The largest absolute Gasteiger partial charge is 0.473 e. The Hall–Kier alpha value is -2.57. The third-order valence-corrected chi connectivity index (χ3v) is 5.82. The Balaban J connectivity index is 2.02. The fourth-order valence-corrected chi connectivity index (χ4v) is 4.30. The van der Waals surface area contributed by atoms with Gasteiger partial charge in [-0.05, 0) is 37.0 Å². The molecule has 2 amide bonds. The number of carboxylic acid groups (broad SMARTS) is 1.